The Balaban J connectivity index is 1.22. The van der Waals surface area contributed by atoms with Gasteiger partial charge in [0.15, 0.2) is 0 Å². The fourth-order valence-corrected chi connectivity index (χ4v) is 5.23. The molecule has 37 heavy (non-hydrogen) atoms. The Morgan fingerprint density at radius 3 is 1.86 bits per heavy atom. The number of halogens is 3. The van der Waals surface area contributed by atoms with Gasteiger partial charge in [0, 0.05) is 62.9 Å². The van der Waals surface area contributed by atoms with Gasteiger partial charge >= 0.3 is 0 Å². The highest BCUT2D eigenvalue weighted by Gasteiger charge is 2.21. The van der Waals surface area contributed by atoms with E-state index in [1.54, 1.807) is 0 Å². The van der Waals surface area contributed by atoms with Crippen LogP contribution in [0.15, 0.2) is 72.8 Å². The Hall–Kier alpha value is -2.51. The van der Waals surface area contributed by atoms with Crippen molar-refractivity contribution in [1.29, 1.82) is 0 Å². The summed E-state index contributed by atoms with van der Waals surface area (Å²) in [6, 6.07) is 20.9. The topological polar surface area (TPSA) is 30.0 Å². The van der Waals surface area contributed by atoms with Crippen molar-refractivity contribution in [2.75, 3.05) is 57.8 Å². The van der Waals surface area contributed by atoms with Crippen molar-refractivity contribution in [2.24, 2.45) is 0 Å². The molecule has 1 heterocycles. The third-order valence-corrected chi connectivity index (χ3v) is 7.45. The number of aliphatic hydroxyl groups is 1. The fraction of sp³-hybridized carbons (Fsp3) is 0.400. The maximum Gasteiger partial charge on any atom is 0.123 e. The second-order valence-corrected chi connectivity index (χ2v) is 10.4. The van der Waals surface area contributed by atoms with E-state index in [0.717, 1.165) is 62.4 Å². The number of hydrogen-bond acceptors (Lipinski definition) is 4. The molecule has 0 bridgehead atoms. The van der Waals surface area contributed by atoms with Crippen LogP contribution in [0.1, 0.15) is 29.9 Å². The summed E-state index contributed by atoms with van der Waals surface area (Å²) in [6.07, 6.45) is 1.47. The highest BCUT2D eigenvalue weighted by Crippen LogP contribution is 2.30. The molecule has 0 amide bonds. The average Bonchev–Trinajstić information content (AvgIpc) is 2.89. The number of β-amino-alcohol motifs (C(OH)–C–C–N with tert-alkyl or cyclic N) is 1. The molecule has 7 heteroatoms. The number of hydrogen-bond donors (Lipinski definition) is 1. The lowest BCUT2D eigenvalue weighted by atomic mass is 9.87. The van der Waals surface area contributed by atoms with Crippen LogP contribution in [-0.4, -0.2) is 73.9 Å². The molecule has 1 aliphatic rings. The summed E-state index contributed by atoms with van der Waals surface area (Å²) in [6.45, 7) is 6.00. The first-order chi connectivity index (χ1) is 17.9. The third kappa shape index (κ3) is 8.24. The van der Waals surface area contributed by atoms with Crippen LogP contribution >= 0.6 is 11.6 Å². The number of rotatable bonds is 11. The molecule has 0 saturated carbocycles. The number of aliphatic hydroxyl groups excluding tert-OH is 1. The van der Waals surface area contributed by atoms with Gasteiger partial charge < -0.3 is 14.9 Å². The predicted molar refractivity (Wildman–Crippen MR) is 147 cm³/mol. The Morgan fingerprint density at radius 2 is 1.32 bits per heavy atom. The van der Waals surface area contributed by atoms with Crippen LogP contribution < -0.4 is 4.90 Å². The lowest BCUT2D eigenvalue weighted by molar-refractivity contribution is 0.0753. The van der Waals surface area contributed by atoms with Crippen molar-refractivity contribution >= 4 is 17.3 Å². The molecular weight excluding hydrogens is 492 g/mol. The second kappa shape index (κ2) is 13.3. The van der Waals surface area contributed by atoms with Gasteiger partial charge in [-0.1, -0.05) is 35.9 Å². The molecule has 0 radical (unpaired) electrons. The molecule has 1 unspecified atom stereocenters. The summed E-state index contributed by atoms with van der Waals surface area (Å²) in [4.78, 5) is 6.85. The number of nitrogens with zero attached hydrogens (tertiary/aromatic N) is 3. The maximum atomic E-state index is 13.5. The molecule has 4 nitrogen and oxygen atoms in total. The standard InChI is InChI=1S/C30H36ClF2N3O/c1-34(28-14-8-25(31)9-15-28)21-29(37)22-36-19-17-35(18-20-36)16-2-3-30(23-4-10-26(32)11-5-23)24-6-12-27(33)13-7-24/h4-15,29-30,37H,2-3,16-22H2,1H3. The molecule has 0 spiro atoms. The van der Waals surface area contributed by atoms with Gasteiger partial charge in [-0.3, -0.25) is 4.90 Å². The van der Waals surface area contributed by atoms with E-state index >= 15 is 0 Å². The van der Waals surface area contributed by atoms with Gasteiger partial charge in [0.2, 0.25) is 0 Å². The summed E-state index contributed by atoms with van der Waals surface area (Å²) >= 11 is 5.97. The van der Waals surface area contributed by atoms with Crippen LogP contribution in [0.3, 0.4) is 0 Å². The van der Waals surface area contributed by atoms with Crippen molar-refractivity contribution in [2.45, 2.75) is 24.9 Å². The highest BCUT2D eigenvalue weighted by atomic mass is 35.5. The van der Waals surface area contributed by atoms with Crippen LogP contribution in [0.4, 0.5) is 14.5 Å². The maximum absolute atomic E-state index is 13.5. The van der Waals surface area contributed by atoms with Gasteiger partial charge in [0.25, 0.3) is 0 Å². The summed E-state index contributed by atoms with van der Waals surface area (Å²) in [5.74, 6) is -0.391. The molecule has 0 aromatic heterocycles. The zero-order chi connectivity index (χ0) is 26.2. The molecule has 3 aromatic rings. The van der Waals surface area contributed by atoms with Gasteiger partial charge in [-0.2, -0.15) is 0 Å². The molecule has 198 valence electrons. The van der Waals surface area contributed by atoms with E-state index in [1.165, 1.54) is 24.3 Å². The van der Waals surface area contributed by atoms with E-state index in [9.17, 15) is 13.9 Å². The predicted octanol–water partition coefficient (Wildman–Crippen LogP) is 5.65. The first kappa shape index (κ1) is 27.5. The van der Waals surface area contributed by atoms with E-state index in [-0.39, 0.29) is 17.6 Å². The van der Waals surface area contributed by atoms with Gasteiger partial charge in [-0.05, 0) is 79.0 Å². The van der Waals surface area contributed by atoms with Crippen LogP contribution in [0.25, 0.3) is 0 Å². The van der Waals surface area contributed by atoms with Gasteiger partial charge in [0.1, 0.15) is 11.6 Å². The van der Waals surface area contributed by atoms with Crippen molar-refractivity contribution in [1.82, 2.24) is 9.80 Å². The third-order valence-electron chi connectivity index (χ3n) is 7.20. The quantitative estimate of drug-likeness (QED) is 0.349. The van der Waals surface area contributed by atoms with Crippen molar-refractivity contribution in [3.8, 4) is 0 Å². The van der Waals surface area contributed by atoms with Crippen LogP contribution in [0, 0.1) is 11.6 Å². The minimum absolute atomic E-state index is 0.107. The molecule has 3 aromatic carbocycles. The molecule has 1 saturated heterocycles. The molecule has 4 rings (SSSR count). The summed E-state index contributed by atoms with van der Waals surface area (Å²) in [5, 5.41) is 11.3. The van der Waals surface area contributed by atoms with Crippen LogP contribution in [-0.2, 0) is 0 Å². The number of likely N-dealkylation sites (N-methyl/N-ethyl adjacent to an activating group) is 1. The molecule has 1 fully saturated rings. The minimum Gasteiger partial charge on any atom is -0.390 e. The van der Waals surface area contributed by atoms with Crippen molar-refractivity contribution in [3.05, 3.63) is 101 Å². The smallest absolute Gasteiger partial charge is 0.123 e. The van der Waals surface area contributed by atoms with Crippen LogP contribution in [0.2, 0.25) is 5.02 Å². The second-order valence-electron chi connectivity index (χ2n) is 9.95. The van der Waals surface area contributed by atoms with Gasteiger partial charge in [-0.25, -0.2) is 8.78 Å². The average molecular weight is 528 g/mol. The Kier molecular flexibility index (Phi) is 9.92. The number of piperazine rings is 1. The Bertz CT molecular complexity index is 1040. The zero-order valence-corrected chi connectivity index (χ0v) is 22.1. The monoisotopic (exact) mass is 527 g/mol. The lowest BCUT2D eigenvalue weighted by Gasteiger charge is -2.36. The number of benzene rings is 3. The van der Waals surface area contributed by atoms with Crippen LogP contribution in [0.5, 0.6) is 0 Å². The highest BCUT2D eigenvalue weighted by molar-refractivity contribution is 6.30. The molecular formula is C30H36ClF2N3O. The lowest BCUT2D eigenvalue weighted by Crippen LogP contribution is -2.50. The molecule has 1 aliphatic heterocycles. The van der Waals surface area contributed by atoms with Gasteiger partial charge in [-0.15, -0.1) is 0 Å². The van der Waals surface area contributed by atoms with E-state index in [4.69, 9.17) is 11.6 Å². The van der Waals surface area contributed by atoms with E-state index in [2.05, 4.69) is 14.7 Å². The Labute approximate surface area is 224 Å². The summed E-state index contributed by atoms with van der Waals surface area (Å²) in [5.41, 5.74) is 3.14. The fourth-order valence-electron chi connectivity index (χ4n) is 5.10. The first-order valence-corrected chi connectivity index (χ1v) is 13.4. The summed E-state index contributed by atoms with van der Waals surface area (Å²) in [7, 11) is 1.98. The van der Waals surface area contributed by atoms with Crippen molar-refractivity contribution in [3.63, 3.8) is 0 Å². The first-order valence-electron chi connectivity index (χ1n) is 13.0. The van der Waals surface area contributed by atoms with E-state index < -0.39 is 6.10 Å². The van der Waals surface area contributed by atoms with Crippen molar-refractivity contribution < 1.29 is 13.9 Å². The summed E-state index contributed by atoms with van der Waals surface area (Å²) < 4.78 is 27.0. The van der Waals surface area contributed by atoms with E-state index in [1.807, 2.05) is 55.6 Å². The normalized spacial score (nSPS) is 15.7. The molecule has 0 aliphatic carbocycles. The molecule has 1 N–H and O–H groups in total. The van der Waals surface area contributed by atoms with Gasteiger partial charge in [0.05, 0.1) is 6.10 Å². The SMILES string of the molecule is CN(CC(O)CN1CCN(CCCC(c2ccc(F)cc2)c2ccc(F)cc2)CC1)c1ccc(Cl)cc1. The van der Waals surface area contributed by atoms with E-state index in [0.29, 0.717) is 18.1 Å². The zero-order valence-electron chi connectivity index (χ0n) is 21.4. The minimum atomic E-state index is -0.431. The molecule has 1 atom stereocenters. The number of anilines is 1. The Morgan fingerprint density at radius 1 is 0.811 bits per heavy atom. The largest absolute Gasteiger partial charge is 0.390 e.